The summed E-state index contributed by atoms with van der Waals surface area (Å²) in [5.74, 6) is 2.52. The summed E-state index contributed by atoms with van der Waals surface area (Å²) in [6, 6.07) is 7.43. The van der Waals surface area contributed by atoms with Crippen LogP contribution in [0.25, 0.3) is 11.0 Å². The van der Waals surface area contributed by atoms with Crippen molar-refractivity contribution in [2.45, 2.75) is 39.0 Å². The number of ether oxygens (including phenoxy) is 1. The van der Waals surface area contributed by atoms with Crippen LogP contribution in [0.1, 0.15) is 38.4 Å². The molecule has 0 unspecified atom stereocenters. The zero-order chi connectivity index (χ0) is 14.4. The third kappa shape index (κ3) is 3.42. The lowest BCUT2D eigenvalue weighted by molar-refractivity contribution is -0.127. The number of rotatable bonds is 6. The molecule has 3 heteroatoms. The Labute approximate surface area is 118 Å². The summed E-state index contributed by atoms with van der Waals surface area (Å²) in [5.41, 5.74) is 0.585. The first-order valence-corrected chi connectivity index (χ1v) is 6.94. The number of aryl methyl sites for hydroxylation is 1. The number of unbranched alkanes of at least 4 members (excludes halogenated alkanes) is 3. The van der Waals surface area contributed by atoms with Gasteiger partial charge in [0, 0.05) is 17.7 Å². The summed E-state index contributed by atoms with van der Waals surface area (Å²) >= 11 is 0. The van der Waals surface area contributed by atoms with Gasteiger partial charge in [-0.2, -0.15) is 0 Å². The lowest BCUT2D eigenvalue weighted by atomic mass is 10.1. The Bertz CT molecular complexity index is 631. The molecular formula is C17H18O3. The molecule has 0 saturated heterocycles. The highest BCUT2D eigenvalue weighted by atomic mass is 16.5. The zero-order valence-corrected chi connectivity index (χ0v) is 11.6. The topological polar surface area (TPSA) is 39.4 Å². The van der Waals surface area contributed by atoms with Crippen molar-refractivity contribution in [1.82, 2.24) is 0 Å². The molecule has 0 aliphatic carbocycles. The van der Waals surface area contributed by atoms with Gasteiger partial charge in [-0.3, -0.25) is 0 Å². The van der Waals surface area contributed by atoms with E-state index >= 15 is 0 Å². The number of terminal acetylenes is 1. The van der Waals surface area contributed by atoms with Gasteiger partial charge >= 0.3 is 5.97 Å². The van der Waals surface area contributed by atoms with Gasteiger partial charge in [-0.05, 0) is 18.6 Å². The maximum atomic E-state index is 11.2. The molecule has 0 saturated carbocycles. The maximum absolute atomic E-state index is 11.2. The summed E-state index contributed by atoms with van der Waals surface area (Å²) in [4.78, 5) is 11.2. The highest BCUT2D eigenvalue weighted by Gasteiger charge is 2.11. The minimum atomic E-state index is -0.710. The van der Waals surface area contributed by atoms with E-state index in [-0.39, 0.29) is 0 Å². The summed E-state index contributed by atoms with van der Waals surface area (Å²) in [5, 5.41) is 0.929. The fraction of sp³-hybridized carbons (Fsp3) is 0.353. The Balaban J connectivity index is 2.14. The van der Waals surface area contributed by atoms with E-state index in [9.17, 15) is 4.79 Å². The molecule has 0 fully saturated rings. The number of hydrogen-bond acceptors (Lipinski definition) is 3. The molecule has 1 aromatic carbocycles. The van der Waals surface area contributed by atoms with Crippen molar-refractivity contribution in [3.05, 3.63) is 30.0 Å². The van der Waals surface area contributed by atoms with E-state index in [0.717, 1.165) is 24.0 Å². The molecule has 0 aliphatic rings. The van der Waals surface area contributed by atoms with Gasteiger partial charge in [-0.15, -0.1) is 6.42 Å². The molecule has 0 atom stereocenters. The van der Waals surface area contributed by atoms with Crippen LogP contribution in [0, 0.1) is 12.3 Å². The van der Waals surface area contributed by atoms with Crippen molar-refractivity contribution in [1.29, 1.82) is 0 Å². The van der Waals surface area contributed by atoms with Gasteiger partial charge in [0.15, 0.2) is 11.3 Å². The maximum Gasteiger partial charge on any atom is 0.389 e. The van der Waals surface area contributed by atoms with Gasteiger partial charge in [0.25, 0.3) is 0 Å². The van der Waals surface area contributed by atoms with Crippen LogP contribution in [-0.4, -0.2) is 5.97 Å². The zero-order valence-electron chi connectivity index (χ0n) is 11.6. The van der Waals surface area contributed by atoms with Crippen LogP contribution in [-0.2, 0) is 11.2 Å². The molecule has 0 amide bonds. The largest absolute Gasteiger partial charge is 0.457 e. The van der Waals surface area contributed by atoms with Crippen molar-refractivity contribution in [3.8, 4) is 18.1 Å². The number of benzene rings is 1. The van der Waals surface area contributed by atoms with E-state index in [0.29, 0.717) is 11.3 Å². The second-order valence-electron chi connectivity index (χ2n) is 4.73. The average molecular weight is 270 g/mol. The second kappa shape index (κ2) is 6.81. The standard InChI is InChI=1S/C17H18O3/c1-3-5-6-7-10-14-12-13-9-8-11-15(17(13)19-14)20-16(18)4-2/h2,8-9,11-12H,3,5-7,10H2,1H3. The summed E-state index contributed by atoms with van der Waals surface area (Å²) in [7, 11) is 0. The third-order valence-electron chi connectivity index (χ3n) is 3.16. The van der Waals surface area contributed by atoms with Crippen molar-refractivity contribution in [2.75, 3.05) is 0 Å². The Morgan fingerprint density at radius 1 is 1.35 bits per heavy atom. The fourth-order valence-electron chi connectivity index (χ4n) is 2.15. The summed E-state index contributed by atoms with van der Waals surface area (Å²) < 4.78 is 10.8. The Kier molecular flexibility index (Phi) is 4.84. The van der Waals surface area contributed by atoms with E-state index in [1.54, 1.807) is 6.07 Å². The van der Waals surface area contributed by atoms with E-state index < -0.39 is 5.97 Å². The number of carbonyl (C=O) groups excluding carboxylic acids is 1. The van der Waals surface area contributed by atoms with Crippen molar-refractivity contribution in [3.63, 3.8) is 0 Å². The minimum Gasteiger partial charge on any atom is -0.457 e. The van der Waals surface area contributed by atoms with E-state index in [4.69, 9.17) is 15.6 Å². The number of esters is 1. The average Bonchev–Trinajstić information content (AvgIpc) is 2.87. The number of hydrogen-bond donors (Lipinski definition) is 0. The first-order valence-electron chi connectivity index (χ1n) is 6.94. The van der Waals surface area contributed by atoms with Crippen LogP contribution >= 0.6 is 0 Å². The molecule has 0 spiro atoms. The van der Waals surface area contributed by atoms with Crippen molar-refractivity contribution >= 4 is 16.9 Å². The van der Waals surface area contributed by atoms with Crippen LogP contribution in [0.4, 0.5) is 0 Å². The van der Waals surface area contributed by atoms with Crippen LogP contribution in [0.15, 0.2) is 28.7 Å². The van der Waals surface area contributed by atoms with Gasteiger partial charge in [-0.25, -0.2) is 4.79 Å². The Hall–Kier alpha value is -2.21. The molecular weight excluding hydrogens is 252 g/mol. The molecule has 2 rings (SSSR count). The molecule has 1 aromatic heterocycles. The molecule has 2 aromatic rings. The molecule has 20 heavy (non-hydrogen) atoms. The smallest absolute Gasteiger partial charge is 0.389 e. The second-order valence-corrected chi connectivity index (χ2v) is 4.73. The third-order valence-corrected chi connectivity index (χ3v) is 3.16. The number of carbonyl (C=O) groups is 1. The van der Waals surface area contributed by atoms with E-state index in [1.165, 1.54) is 19.3 Å². The molecule has 0 bridgehead atoms. The summed E-state index contributed by atoms with van der Waals surface area (Å²) in [6.45, 7) is 2.19. The molecule has 0 radical (unpaired) electrons. The van der Waals surface area contributed by atoms with Crippen LogP contribution < -0.4 is 4.74 Å². The summed E-state index contributed by atoms with van der Waals surface area (Å²) in [6.07, 6.45) is 10.7. The van der Waals surface area contributed by atoms with Crippen LogP contribution in [0.5, 0.6) is 5.75 Å². The number of fused-ring (bicyclic) bond motifs is 1. The van der Waals surface area contributed by atoms with E-state index in [2.05, 4.69) is 6.92 Å². The normalized spacial score (nSPS) is 10.4. The van der Waals surface area contributed by atoms with Gasteiger partial charge in [0.05, 0.1) is 0 Å². The highest BCUT2D eigenvalue weighted by Crippen LogP contribution is 2.29. The molecule has 104 valence electrons. The SMILES string of the molecule is C#CC(=O)Oc1cccc2cc(CCCCCC)oc12. The number of furan rings is 1. The predicted octanol–water partition coefficient (Wildman–Crippen LogP) is 4.09. The molecule has 3 nitrogen and oxygen atoms in total. The Morgan fingerprint density at radius 2 is 2.20 bits per heavy atom. The van der Waals surface area contributed by atoms with Crippen LogP contribution in [0.3, 0.4) is 0 Å². The molecule has 0 aliphatic heterocycles. The quantitative estimate of drug-likeness (QED) is 0.261. The monoisotopic (exact) mass is 270 g/mol. The van der Waals surface area contributed by atoms with Gasteiger partial charge in [-0.1, -0.05) is 38.3 Å². The highest BCUT2D eigenvalue weighted by molar-refractivity contribution is 5.92. The molecule has 1 heterocycles. The van der Waals surface area contributed by atoms with Gasteiger partial charge in [0.1, 0.15) is 5.76 Å². The van der Waals surface area contributed by atoms with Gasteiger partial charge in [0.2, 0.25) is 0 Å². The first-order chi connectivity index (χ1) is 9.74. The predicted molar refractivity (Wildman–Crippen MR) is 78.5 cm³/mol. The number of para-hydroxylation sites is 1. The fourth-order valence-corrected chi connectivity index (χ4v) is 2.15. The first kappa shape index (κ1) is 14.2. The van der Waals surface area contributed by atoms with E-state index in [1.807, 2.05) is 24.1 Å². The van der Waals surface area contributed by atoms with Gasteiger partial charge < -0.3 is 9.15 Å². The van der Waals surface area contributed by atoms with Crippen molar-refractivity contribution in [2.24, 2.45) is 0 Å². The lowest BCUT2D eigenvalue weighted by Gasteiger charge is -2.00. The Morgan fingerprint density at radius 3 is 2.95 bits per heavy atom. The molecule has 0 N–H and O–H groups in total. The van der Waals surface area contributed by atoms with Crippen molar-refractivity contribution < 1.29 is 13.9 Å². The lowest BCUT2D eigenvalue weighted by Crippen LogP contribution is -2.03. The van der Waals surface area contributed by atoms with Crippen LogP contribution in [0.2, 0.25) is 0 Å². The minimum absolute atomic E-state index is 0.380.